The number of methoxy groups -OCH3 is 1. The van der Waals surface area contributed by atoms with E-state index in [-0.39, 0.29) is 23.2 Å². The first-order valence-corrected chi connectivity index (χ1v) is 8.86. The Bertz CT molecular complexity index is 528. The molecule has 120 valence electrons. The third-order valence-corrected chi connectivity index (χ3v) is 5.45. The van der Waals surface area contributed by atoms with Crippen molar-refractivity contribution < 1.29 is 9.53 Å². The quantitative estimate of drug-likeness (QED) is 0.727. The van der Waals surface area contributed by atoms with Crippen molar-refractivity contribution in [3.63, 3.8) is 0 Å². The molecule has 2 unspecified atom stereocenters. The molecule has 0 radical (unpaired) electrons. The molecule has 1 aliphatic carbocycles. The Balaban J connectivity index is 2.16. The third kappa shape index (κ3) is 4.16. The number of hydrogen-bond acceptors (Lipinski definition) is 3. The molecule has 0 spiro atoms. The Hall–Kier alpha value is -1.22. The van der Waals surface area contributed by atoms with Crippen LogP contribution in [0.25, 0.3) is 0 Å². The van der Waals surface area contributed by atoms with Gasteiger partial charge in [0.1, 0.15) is 0 Å². The number of rotatable bonds is 4. The van der Waals surface area contributed by atoms with Crippen molar-refractivity contribution in [2.45, 2.75) is 39.4 Å². The van der Waals surface area contributed by atoms with Crippen LogP contribution in [0.4, 0.5) is 0 Å². The molecule has 0 aliphatic heterocycles. The average Bonchev–Trinajstić information content (AvgIpc) is 2.51. The summed E-state index contributed by atoms with van der Waals surface area (Å²) in [5.41, 5.74) is 1.37. The lowest BCUT2D eigenvalue weighted by Crippen LogP contribution is -2.36. The van der Waals surface area contributed by atoms with Gasteiger partial charge in [0.05, 0.1) is 13.0 Å². The van der Waals surface area contributed by atoms with Crippen LogP contribution in [0.5, 0.6) is 0 Å². The zero-order valence-corrected chi connectivity index (χ0v) is 14.8. The zero-order valence-electron chi connectivity index (χ0n) is 14.0. The molecule has 1 aromatic rings. The fraction of sp³-hybridized carbons (Fsp3) is 0.526. The lowest BCUT2D eigenvalue weighted by molar-refractivity contribution is -0.148. The first-order valence-electron chi connectivity index (χ1n) is 7.88. The van der Waals surface area contributed by atoms with Crippen LogP contribution in [-0.2, 0) is 15.3 Å². The number of thioether (sulfide) groups is 1. The lowest BCUT2D eigenvalue weighted by atomic mass is 9.69. The van der Waals surface area contributed by atoms with Gasteiger partial charge < -0.3 is 4.74 Å². The molecule has 2 atom stereocenters. The summed E-state index contributed by atoms with van der Waals surface area (Å²) in [6, 6.07) is 10.5. The van der Waals surface area contributed by atoms with Crippen molar-refractivity contribution in [3.05, 3.63) is 46.9 Å². The largest absolute Gasteiger partial charge is 0.469 e. The number of benzene rings is 1. The molecule has 3 heteroatoms. The number of hydrogen-bond donors (Lipinski definition) is 0. The highest BCUT2D eigenvalue weighted by atomic mass is 32.2. The van der Waals surface area contributed by atoms with E-state index in [0.717, 1.165) is 18.6 Å². The highest BCUT2D eigenvalue weighted by Gasteiger charge is 2.41. The number of ether oxygens (including phenoxy) is 1. The van der Waals surface area contributed by atoms with Gasteiger partial charge in [0, 0.05) is 11.7 Å². The molecule has 0 heterocycles. The Morgan fingerprint density at radius 3 is 2.55 bits per heavy atom. The Morgan fingerprint density at radius 2 is 1.95 bits per heavy atom. The van der Waals surface area contributed by atoms with Crippen LogP contribution in [0.1, 0.15) is 39.2 Å². The van der Waals surface area contributed by atoms with Crippen molar-refractivity contribution in [1.29, 1.82) is 0 Å². The maximum Gasteiger partial charge on any atom is 0.309 e. The summed E-state index contributed by atoms with van der Waals surface area (Å²) >= 11 is 1.87. The monoisotopic (exact) mass is 318 g/mol. The minimum absolute atomic E-state index is 0.0201. The summed E-state index contributed by atoms with van der Waals surface area (Å²) in [6.07, 6.45) is 4.18. The Labute approximate surface area is 138 Å². The van der Waals surface area contributed by atoms with Gasteiger partial charge >= 0.3 is 5.97 Å². The smallest absolute Gasteiger partial charge is 0.309 e. The molecule has 0 aromatic heterocycles. The second-order valence-corrected chi connectivity index (χ2v) is 7.98. The van der Waals surface area contributed by atoms with Crippen molar-refractivity contribution >= 4 is 17.7 Å². The van der Waals surface area contributed by atoms with Crippen molar-refractivity contribution in [1.82, 2.24) is 0 Å². The predicted molar refractivity (Wildman–Crippen MR) is 93.5 cm³/mol. The van der Waals surface area contributed by atoms with E-state index in [1.165, 1.54) is 17.6 Å². The number of carbonyl (C=O) groups is 1. The third-order valence-electron chi connectivity index (χ3n) is 4.22. The molecular weight excluding hydrogens is 292 g/mol. The van der Waals surface area contributed by atoms with Gasteiger partial charge in [0.25, 0.3) is 0 Å². The van der Waals surface area contributed by atoms with E-state index >= 15 is 0 Å². The predicted octanol–water partition coefficient (Wildman–Crippen LogP) is 5.05. The summed E-state index contributed by atoms with van der Waals surface area (Å²) in [6.45, 7) is 6.65. The molecule has 0 bridgehead atoms. The molecule has 0 fully saturated rings. The molecule has 1 aromatic carbocycles. The van der Waals surface area contributed by atoms with E-state index in [1.54, 1.807) is 0 Å². The van der Waals surface area contributed by atoms with E-state index in [1.807, 2.05) is 17.8 Å². The number of carbonyl (C=O) groups excluding carboxylic acids is 1. The minimum Gasteiger partial charge on any atom is -0.469 e. The molecule has 1 aliphatic rings. The van der Waals surface area contributed by atoms with E-state index in [0.29, 0.717) is 0 Å². The molecule has 2 nitrogen and oxygen atoms in total. The van der Waals surface area contributed by atoms with Crippen molar-refractivity contribution in [3.8, 4) is 0 Å². The Kier molecular flexibility index (Phi) is 5.74. The van der Waals surface area contributed by atoms with Crippen LogP contribution >= 0.6 is 11.8 Å². The van der Waals surface area contributed by atoms with E-state index in [4.69, 9.17) is 4.74 Å². The van der Waals surface area contributed by atoms with Gasteiger partial charge in [-0.2, -0.15) is 0 Å². The standard InChI is InChI=1S/C19H26O2S/c1-19(2,3)17-15(18(20)21-4)11-8-12-16(17)22-13-14-9-6-5-7-10-14/h5-7,9-10,12,15,17H,8,11,13H2,1-4H3. The molecule has 0 N–H and O–H groups in total. The van der Waals surface area contributed by atoms with Gasteiger partial charge in [-0.1, -0.05) is 57.2 Å². The lowest BCUT2D eigenvalue weighted by Gasteiger charge is -2.39. The fourth-order valence-electron chi connectivity index (χ4n) is 3.22. The summed E-state index contributed by atoms with van der Waals surface area (Å²) in [7, 11) is 1.50. The van der Waals surface area contributed by atoms with Crippen LogP contribution in [0, 0.1) is 17.3 Å². The topological polar surface area (TPSA) is 26.3 Å². The SMILES string of the molecule is COC(=O)C1CCC=C(SCc2ccccc2)C1C(C)(C)C. The highest BCUT2D eigenvalue weighted by Crippen LogP contribution is 2.47. The van der Waals surface area contributed by atoms with E-state index in [2.05, 4.69) is 51.1 Å². The average molecular weight is 318 g/mol. The van der Waals surface area contributed by atoms with E-state index in [9.17, 15) is 4.79 Å². The Morgan fingerprint density at radius 1 is 1.27 bits per heavy atom. The van der Waals surface area contributed by atoms with Crippen molar-refractivity contribution in [2.75, 3.05) is 7.11 Å². The van der Waals surface area contributed by atoms with Gasteiger partial charge in [0.15, 0.2) is 0 Å². The van der Waals surface area contributed by atoms with Gasteiger partial charge in [-0.15, -0.1) is 11.8 Å². The van der Waals surface area contributed by atoms with Crippen LogP contribution in [0.3, 0.4) is 0 Å². The molecule has 0 saturated carbocycles. The summed E-state index contributed by atoms with van der Waals surface area (Å²) in [5.74, 6) is 1.11. The van der Waals surface area contributed by atoms with Crippen LogP contribution in [0.2, 0.25) is 0 Å². The van der Waals surface area contributed by atoms with Crippen LogP contribution in [-0.4, -0.2) is 13.1 Å². The summed E-state index contributed by atoms with van der Waals surface area (Å²) in [4.78, 5) is 13.5. The normalized spacial score (nSPS) is 22.1. The van der Waals surface area contributed by atoms with Gasteiger partial charge in [-0.3, -0.25) is 4.79 Å². The maximum atomic E-state index is 12.2. The first-order chi connectivity index (χ1) is 10.4. The van der Waals surface area contributed by atoms with Crippen LogP contribution < -0.4 is 0 Å². The number of allylic oxidation sites excluding steroid dienone is 2. The summed E-state index contributed by atoms with van der Waals surface area (Å²) < 4.78 is 5.05. The second kappa shape index (κ2) is 7.36. The maximum absolute atomic E-state index is 12.2. The van der Waals surface area contributed by atoms with Gasteiger partial charge in [-0.25, -0.2) is 0 Å². The van der Waals surface area contributed by atoms with Crippen molar-refractivity contribution in [2.24, 2.45) is 17.3 Å². The minimum atomic E-state index is -0.0640. The second-order valence-electron chi connectivity index (χ2n) is 6.93. The molecule has 0 saturated heterocycles. The molecule has 2 rings (SSSR count). The van der Waals surface area contributed by atoms with E-state index < -0.39 is 0 Å². The highest BCUT2D eigenvalue weighted by molar-refractivity contribution is 8.02. The van der Waals surface area contributed by atoms with Crippen LogP contribution in [0.15, 0.2) is 41.3 Å². The molecule has 0 amide bonds. The summed E-state index contributed by atoms with van der Waals surface area (Å²) in [5, 5.41) is 0. The fourth-order valence-corrected chi connectivity index (χ4v) is 4.68. The van der Waals surface area contributed by atoms with Gasteiger partial charge in [-0.05, 0) is 28.7 Å². The zero-order chi connectivity index (χ0) is 16.2. The molecule has 22 heavy (non-hydrogen) atoms. The first kappa shape index (κ1) is 17.1. The molecular formula is C19H26O2S. The number of esters is 1. The van der Waals surface area contributed by atoms with Gasteiger partial charge in [0.2, 0.25) is 0 Å².